The van der Waals surface area contributed by atoms with Gasteiger partial charge >= 0.3 is 18.0 Å². The van der Waals surface area contributed by atoms with E-state index in [1.807, 2.05) is 13.1 Å². The second-order valence-corrected chi connectivity index (χ2v) is 8.47. The molecule has 4 rings (SSSR count). The Balaban J connectivity index is 1.44. The summed E-state index contributed by atoms with van der Waals surface area (Å²) in [6, 6.07) is 10.3. The Kier molecular flexibility index (Phi) is 7.08. The smallest absolute Gasteiger partial charge is 0.379 e. The SMILES string of the molecule is CN1CCc2cc([C@H](CNC(=O)C(=O)Nc3cccc(C(F)(F)F)c3)N3CCOCC3)ccc21. The van der Waals surface area contributed by atoms with Gasteiger partial charge in [0.15, 0.2) is 0 Å². The number of anilines is 2. The van der Waals surface area contributed by atoms with Crippen LogP contribution in [0.4, 0.5) is 24.5 Å². The number of alkyl halides is 3. The quantitative estimate of drug-likeness (QED) is 0.650. The fourth-order valence-corrected chi connectivity index (χ4v) is 4.37. The van der Waals surface area contributed by atoms with Crippen molar-refractivity contribution in [3.05, 3.63) is 59.2 Å². The highest BCUT2D eigenvalue weighted by molar-refractivity contribution is 6.39. The van der Waals surface area contributed by atoms with Crippen LogP contribution in [0.5, 0.6) is 0 Å². The van der Waals surface area contributed by atoms with Crippen LogP contribution in [0.25, 0.3) is 0 Å². The Morgan fingerprint density at radius 2 is 1.82 bits per heavy atom. The third-order valence-electron chi connectivity index (χ3n) is 6.21. The Labute approximate surface area is 195 Å². The molecule has 0 spiro atoms. The minimum atomic E-state index is -4.54. The van der Waals surface area contributed by atoms with Gasteiger partial charge in [-0.25, -0.2) is 0 Å². The van der Waals surface area contributed by atoms with E-state index in [1.165, 1.54) is 23.4 Å². The molecule has 0 aromatic heterocycles. The third kappa shape index (κ3) is 5.51. The predicted molar refractivity (Wildman–Crippen MR) is 122 cm³/mol. The van der Waals surface area contributed by atoms with Crippen LogP contribution in [-0.4, -0.2) is 63.2 Å². The normalized spacial score (nSPS) is 17.2. The summed E-state index contributed by atoms with van der Waals surface area (Å²) in [7, 11) is 2.05. The number of rotatable bonds is 5. The Morgan fingerprint density at radius 3 is 2.56 bits per heavy atom. The number of halogens is 3. The van der Waals surface area contributed by atoms with E-state index in [0.717, 1.165) is 30.7 Å². The monoisotopic (exact) mass is 476 g/mol. The van der Waals surface area contributed by atoms with Crippen molar-refractivity contribution in [2.45, 2.75) is 18.6 Å². The number of fused-ring (bicyclic) bond motifs is 1. The van der Waals surface area contributed by atoms with E-state index >= 15 is 0 Å². The number of nitrogens with zero attached hydrogens (tertiary/aromatic N) is 2. The topological polar surface area (TPSA) is 73.9 Å². The van der Waals surface area contributed by atoms with Crippen molar-refractivity contribution in [2.24, 2.45) is 0 Å². The van der Waals surface area contributed by atoms with Crippen LogP contribution in [-0.2, 0) is 26.9 Å². The Morgan fingerprint density at radius 1 is 1.06 bits per heavy atom. The molecule has 2 aliphatic rings. The Hall–Kier alpha value is -3.11. The number of amides is 2. The summed E-state index contributed by atoms with van der Waals surface area (Å²) in [5.41, 5.74) is 2.47. The van der Waals surface area contributed by atoms with Gasteiger partial charge in [-0.15, -0.1) is 0 Å². The third-order valence-corrected chi connectivity index (χ3v) is 6.21. The molecule has 2 N–H and O–H groups in total. The first-order valence-corrected chi connectivity index (χ1v) is 11.1. The summed E-state index contributed by atoms with van der Waals surface area (Å²) < 4.78 is 44.2. The summed E-state index contributed by atoms with van der Waals surface area (Å²) in [4.78, 5) is 29.2. The van der Waals surface area contributed by atoms with E-state index in [-0.39, 0.29) is 18.3 Å². The van der Waals surface area contributed by atoms with E-state index in [1.54, 1.807) is 0 Å². The van der Waals surface area contributed by atoms with Crippen molar-refractivity contribution in [1.29, 1.82) is 0 Å². The number of hydrogen-bond donors (Lipinski definition) is 2. The molecule has 34 heavy (non-hydrogen) atoms. The van der Waals surface area contributed by atoms with Gasteiger partial charge in [0, 0.05) is 44.6 Å². The van der Waals surface area contributed by atoms with Crippen LogP contribution < -0.4 is 15.5 Å². The number of carbonyl (C=O) groups is 2. The van der Waals surface area contributed by atoms with E-state index in [9.17, 15) is 22.8 Å². The summed E-state index contributed by atoms with van der Waals surface area (Å²) in [5.74, 6) is -1.92. The van der Waals surface area contributed by atoms with E-state index in [4.69, 9.17) is 4.74 Å². The number of likely N-dealkylation sites (N-methyl/N-ethyl adjacent to an activating group) is 1. The van der Waals surface area contributed by atoms with E-state index < -0.39 is 23.6 Å². The maximum absolute atomic E-state index is 12.9. The fourth-order valence-electron chi connectivity index (χ4n) is 4.37. The van der Waals surface area contributed by atoms with Crippen molar-refractivity contribution < 1.29 is 27.5 Å². The number of benzene rings is 2. The van der Waals surface area contributed by atoms with Gasteiger partial charge in [0.2, 0.25) is 0 Å². The average Bonchev–Trinajstić information content (AvgIpc) is 3.19. The molecule has 2 aliphatic heterocycles. The number of ether oxygens (including phenoxy) is 1. The maximum atomic E-state index is 12.9. The molecule has 2 heterocycles. The van der Waals surface area contributed by atoms with Gasteiger partial charge < -0.3 is 20.3 Å². The summed E-state index contributed by atoms with van der Waals surface area (Å²) in [5, 5.41) is 4.90. The molecule has 0 bridgehead atoms. The van der Waals surface area contributed by atoms with Crippen LogP contribution in [0.1, 0.15) is 22.7 Å². The van der Waals surface area contributed by atoms with Crippen molar-refractivity contribution in [3.63, 3.8) is 0 Å². The van der Waals surface area contributed by atoms with Crippen molar-refractivity contribution in [1.82, 2.24) is 10.2 Å². The molecule has 2 aromatic carbocycles. The number of hydrogen-bond acceptors (Lipinski definition) is 5. The first-order valence-electron chi connectivity index (χ1n) is 11.1. The van der Waals surface area contributed by atoms with Crippen LogP contribution in [0, 0.1) is 0 Å². The lowest BCUT2D eigenvalue weighted by molar-refractivity contribution is -0.137. The lowest BCUT2D eigenvalue weighted by atomic mass is 10.0. The first-order chi connectivity index (χ1) is 16.2. The zero-order chi connectivity index (χ0) is 24.3. The number of carbonyl (C=O) groups excluding carboxylic acids is 2. The summed E-state index contributed by atoms with van der Waals surface area (Å²) in [6.45, 7) is 3.67. The van der Waals surface area contributed by atoms with Crippen molar-refractivity contribution in [2.75, 3.05) is 56.7 Å². The van der Waals surface area contributed by atoms with Crippen LogP contribution in [0.15, 0.2) is 42.5 Å². The molecule has 0 unspecified atom stereocenters. The van der Waals surface area contributed by atoms with Crippen LogP contribution in [0.3, 0.4) is 0 Å². The highest BCUT2D eigenvalue weighted by Gasteiger charge is 2.31. The second kappa shape index (κ2) is 10.0. The number of morpholine rings is 1. The standard InChI is InChI=1S/C24H27F3N4O3/c1-30-8-7-17-13-16(5-6-20(17)30)21(31-9-11-34-12-10-31)15-28-22(32)23(33)29-19-4-2-3-18(14-19)24(25,26)27/h2-6,13-14,21H,7-12,15H2,1H3,(H,28,32)(H,29,33)/t21-/m0/s1. The van der Waals surface area contributed by atoms with Gasteiger partial charge in [0.25, 0.3) is 0 Å². The fraction of sp³-hybridized carbons (Fsp3) is 0.417. The predicted octanol–water partition coefficient (Wildman–Crippen LogP) is 2.83. The first kappa shape index (κ1) is 24.0. The average molecular weight is 476 g/mol. The molecule has 182 valence electrons. The van der Waals surface area contributed by atoms with E-state index in [2.05, 4.69) is 32.6 Å². The van der Waals surface area contributed by atoms with Gasteiger partial charge in [-0.3, -0.25) is 14.5 Å². The molecule has 0 aliphatic carbocycles. The molecule has 1 fully saturated rings. The van der Waals surface area contributed by atoms with Crippen LogP contribution >= 0.6 is 0 Å². The molecule has 10 heteroatoms. The van der Waals surface area contributed by atoms with Gasteiger partial charge in [0.1, 0.15) is 0 Å². The van der Waals surface area contributed by atoms with Crippen molar-refractivity contribution >= 4 is 23.2 Å². The molecule has 1 saturated heterocycles. The summed E-state index contributed by atoms with van der Waals surface area (Å²) in [6.07, 6.45) is -3.60. The lowest BCUT2D eigenvalue weighted by Crippen LogP contribution is -2.45. The van der Waals surface area contributed by atoms with Gasteiger partial charge in [-0.2, -0.15) is 13.2 Å². The zero-order valence-corrected chi connectivity index (χ0v) is 18.8. The zero-order valence-electron chi connectivity index (χ0n) is 18.8. The van der Waals surface area contributed by atoms with Crippen LogP contribution in [0.2, 0.25) is 0 Å². The molecule has 0 saturated carbocycles. The molecule has 0 radical (unpaired) electrons. The van der Waals surface area contributed by atoms with Gasteiger partial charge in [0.05, 0.1) is 24.8 Å². The molecule has 1 atom stereocenters. The maximum Gasteiger partial charge on any atom is 0.416 e. The number of nitrogens with one attached hydrogen (secondary N) is 2. The highest BCUT2D eigenvalue weighted by atomic mass is 19.4. The van der Waals surface area contributed by atoms with Gasteiger partial charge in [-0.05, 0) is 41.8 Å². The minimum absolute atomic E-state index is 0.0950. The minimum Gasteiger partial charge on any atom is -0.379 e. The molecule has 2 aromatic rings. The molecular weight excluding hydrogens is 449 g/mol. The Bertz CT molecular complexity index is 1050. The molecular formula is C24H27F3N4O3. The summed E-state index contributed by atoms with van der Waals surface area (Å²) >= 11 is 0. The largest absolute Gasteiger partial charge is 0.416 e. The second-order valence-electron chi connectivity index (χ2n) is 8.47. The van der Waals surface area contributed by atoms with Gasteiger partial charge in [-0.1, -0.05) is 18.2 Å². The molecule has 2 amide bonds. The van der Waals surface area contributed by atoms with Crippen molar-refractivity contribution in [3.8, 4) is 0 Å². The van der Waals surface area contributed by atoms with E-state index in [0.29, 0.717) is 26.3 Å². The highest BCUT2D eigenvalue weighted by Crippen LogP contribution is 2.32. The molecule has 7 nitrogen and oxygen atoms in total. The lowest BCUT2D eigenvalue weighted by Gasteiger charge is -2.35.